The molecule has 0 radical (unpaired) electrons. The fourth-order valence-electron chi connectivity index (χ4n) is 1.43. The maximum atomic E-state index is 11.8. The van der Waals surface area contributed by atoms with E-state index < -0.39 is 18.0 Å². The van der Waals surface area contributed by atoms with E-state index in [0.29, 0.717) is 5.02 Å². The van der Waals surface area contributed by atoms with Gasteiger partial charge in [-0.3, -0.25) is 9.59 Å². The van der Waals surface area contributed by atoms with Crippen LogP contribution in [-0.2, 0) is 9.53 Å². The van der Waals surface area contributed by atoms with Gasteiger partial charge in [0, 0.05) is 18.7 Å². The number of hydrogen-bond acceptors (Lipinski definition) is 4. The van der Waals surface area contributed by atoms with Gasteiger partial charge in [-0.05, 0) is 18.2 Å². The minimum Gasteiger partial charge on any atom is -0.507 e. The minimum absolute atomic E-state index is 0.0214. The monoisotopic (exact) mass is 287 g/mol. The van der Waals surface area contributed by atoms with Crippen LogP contribution in [-0.4, -0.2) is 41.8 Å². The molecule has 0 aliphatic heterocycles. The molecule has 1 rings (SSSR count). The average molecular weight is 288 g/mol. The number of amides is 1. The summed E-state index contributed by atoms with van der Waals surface area (Å²) in [5.74, 6) is -1.77. The highest BCUT2D eigenvalue weighted by Gasteiger charge is 2.16. The van der Waals surface area contributed by atoms with E-state index in [1.54, 1.807) is 0 Å². The number of carbonyl (C=O) groups excluding carboxylic acids is 1. The standard InChI is InChI=1S/C12H14ClNO5/c1-19-8(5-11(16)17)6-14-12(18)9-4-7(13)2-3-10(9)15/h2-4,8,15H,5-6H2,1H3,(H,14,18)(H,16,17). The summed E-state index contributed by atoms with van der Waals surface area (Å²) in [6, 6.07) is 4.09. The van der Waals surface area contributed by atoms with Crippen LogP contribution in [0.2, 0.25) is 5.02 Å². The van der Waals surface area contributed by atoms with Crippen LogP contribution in [0.25, 0.3) is 0 Å². The van der Waals surface area contributed by atoms with Crippen molar-refractivity contribution >= 4 is 23.5 Å². The Hall–Kier alpha value is -1.79. The van der Waals surface area contributed by atoms with Crippen LogP contribution in [0.4, 0.5) is 0 Å². The second kappa shape index (κ2) is 6.96. The van der Waals surface area contributed by atoms with Gasteiger partial charge in [0.2, 0.25) is 0 Å². The van der Waals surface area contributed by atoms with Crippen molar-refractivity contribution < 1.29 is 24.5 Å². The number of ether oxygens (including phenoxy) is 1. The van der Waals surface area contributed by atoms with E-state index in [9.17, 15) is 14.7 Å². The Bertz CT molecular complexity index is 477. The smallest absolute Gasteiger partial charge is 0.306 e. The molecule has 6 nitrogen and oxygen atoms in total. The number of nitrogens with one attached hydrogen (secondary N) is 1. The van der Waals surface area contributed by atoms with Gasteiger partial charge in [-0.15, -0.1) is 0 Å². The number of aliphatic carboxylic acids is 1. The largest absolute Gasteiger partial charge is 0.507 e. The van der Waals surface area contributed by atoms with Crippen LogP contribution in [0.1, 0.15) is 16.8 Å². The summed E-state index contributed by atoms with van der Waals surface area (Å²) in [7, 11) is 1.36. The van der Waals surface area contributed by atoms with Crippen LogP contribution >= 0.6 is 11.6 Å². The van der Waals surface area contributed by atoms with Crippen molar-refractivity contribution in [3.8, 4) is 5.75 Å². The maximum absolute atomic E-state index is 11.8. The molecule has 19 heavy (non-hydrogen) atoms. The summed E-state index contributed by atoms with van der Waals surface area (Å²) in [6.45, 7) is 0.0214. The van der Waals surface area contributed by atoms with Crippen LogP contribution in [0, 0.1) is 0 Å². The van der Waals surface area contributed by atoms with Gasteiger partial charge in [0.25, 0.3) is 5.91 Å². The van der Waals surface area contributed by atoms with Crippen LogP contribution < -0.4 is 5.32 Å². The molecule has 3 N–H and O–H groups in total. The van der Waals surface area contributed by atoms with E-state index in [1.165, 1.54) is 25.3 Å². The predicted molar refractivity (Wildman–Crippen MR) is 68.5 cm³/mol. The fourth-order valence-corrected chi connectivity index (χ4v) is 1.60. The molecule has 0 aromatic heterocycles. The molecule has 7 heteroatoms. The first kappa shape index (κ1) is 15.3. The van der Waals surface area contributed by atoms with Crippen LogP contribution in [0.15, 0.2) is 18.2 Å². The molecule has 1 unspecified atom stereocenters. The predicted octanol–water partition coefficient (Wildman–Crippen LogP) is 1.27. The number of benzene rings is 1. The molecule has 0 saturated heterocycles. The lowest BCUT2D eigenvalue weighted by Gasteiger charge is -2.14. The molecule has 1 atom stereocenters. The van der Waals surface area contributed by atoms with E-state index in [2.05, 4.69) is 5.32 Å². The molecule has 0 saturated carbocycles. The Morgan fingerprint density at radius 3 is 2.74 bits per heavy atom. The van der Waals surface area contributed by atoms with Crippen molar-refractivity contribution in [3.05, 3.63) is 28.8 Å². The van der Waals surface area contributed by atoms with Gasteiger partial charge in [0.05, 0.1) is 18.1 Å². The van der Waals surface area contributed by atoms with Crippen LogP contribution in [0.5, 0.6) is 5.75 Å². The Morgan fingerprint density at radius 2 is 2.16 bits per heavy atom. The average Bonchev–Trinajstić information content (AvgIpc) is 2.36. The quantitative estimate of drug-likeness (QED) is 0.732. The molecule has 0 bridgehead atoms. The van der Waals surface area contributed by atoms with Gasteiger partial charge in [0.15, 0.2) is 0 Å². The number of hydrogen-bond donors (Lipinski definition) is 3. The Kier molecular flexibility index (Phi) is 5.59. The van der Waals surface area contributed by atoms with Gasteiger partial charge < -0.3 is 20.3 Å². The fraction of sp³-hybridized carbons (Fsp3) is 0.333. The second-order valence-electron chi connectivity index (χ2n) is 3.83. The number of rotatable bonds is 6. The topological polar surface area (TPSA) is 95.9 Å². The molecular weight excluding hydrogens is 274 g/mol. The van der Waals surface area contributed by atoms with Gasteiger partial charge in [-0.2, -0.15) is 0 Å². The van der Waals surface area contributed by atoms with Gasteiger partial charge in [0.1, 0.15) is 5.75 Å². The number of carbonyl (C=O) groups is 2. The normalized spacial score (nSPS) is 11.9. The summed E-state index contributed by atoms with van der Waals surface area (Å²) in [6.07, 6.45) is -0.860. The minimum atomic E-state index is -1.02. The third-order valence-corrected chi connectivity index (χ3v) is 2.66. The first-order valence-corrected chi connectivity index (χ1v) is 5.83. The molecule has 0 spiro atoms. The highest BCUT2D eigenvalue weighted by molar-refractivity contribution is 6.31. The summed E-state index contributed by atoms with van der Waals surface area (Å²) >= 11 is 5.73. The van der Waals surface area contributed by atoms with E-state index in [0.717, 1.165) is 0 Å². The van der Waals surface area contributed by atoms with E-state index in [4.69, 9.17) is 21.4 Å². The summed E-state index contributed by atoms with van der Waals surface area (Å²) in [5, 5.41) is 20.9. The molecular formula is C12H14ClNO5. The van der Waals surface area contributed by atoms with Crippen molar-refractivity contribution in [2.24, 2.45) is 0 Å². The van der Waals surface area contributed by atoms with Crippen molar-refractivity contribution in [1.82, 2.24) is 5.32 Å². The third-order valence-electron chi connectivity index (χ3n) is 2.43. The van der Waals surface area contributed by atoms with E-state index in [1.807, 2.05) is 0 Å². The lowest BCUT2D eigenvalue weighted by molar-refractivity contribution is -0.139. The van der Waals surface area contributed by atoms with Crippen molar-refractivity contribution in [3.63, 3.8) is 0 Å². The number of halogens is 1. The molecule has 1 aromatic carbocycles. The van der Waals surface area contributed by atoms with Crippen molar-refractivity contribution in [2.45, 2.75) is 12.5 Å². The third kappa shape index (κ3) is 4.76. The number of phenolic OH excluding ortho intramolecular Hbond substituents is 1. The SMILES string of the molecule is COC(CNC(=O)c1cc(Cl)ccc1O)CC(=O)O. The summed E-state index contributed by atoms with van der Waals surface area (Å²) in [5.41, 5.74) is 0.0256. The molecule has 1 aromatic rings. The van der Waals surface area contributed by atoms with E-state index in [-0.39, 0.29) is 24.3 Å². The van der Waals surface area contributed by atoms with Gasteiger partial charge >= 0.3 is 5.97 Å². The Balaban J connectivity index is 2.64. The lowest BCUT2D eigenvalue weighted by Crippen LogP contribution is -2.34. The van der Waals surface area contributed by atoms with Crippen molar-refractivity contribution in [2.75, 3.05) is 13.7 Å². The van der Waals surface area contributed by atoms with Gasteiger partial charge in [-0.25, -0.2) is 0 Å². The Morgan fingerprint density at radius 1 is 1.47 bits per heavy atom. The van der Waals surface area contributed by atoms with Crippen molar-refractivity contribution in [1.29, 1.82) is 0 Å². The first-order chi connectivity index (χ1) is 8.93. The Labute approximate surface area is 114 Å². The number of phenols is 1. The number of carboxylic acid groups (broad SMARTS) is 1. The first-order valence-electron chi connectivity index (χ1n) is 5.45. The second-order valence-corrected chi connectivity index (χ2v) is 4.26. The zero-order valence-electron chi connectivity index (χ0n) is 10.2. The highest BCUT2D eigenvalue weighted by atomic mass is 35.5. The van der Waals surface area contributed by atoms with E-state index >= 15 is 0 Å². The molecule has 0 aliphatic rings. The number of aromatic hydroxyl groups is 1. The highest BCUT2D eigenvalue weighted by Crippen LogP contribution is 2.21. The molecule has 0 heterocycles. The van der Waals surface area contributed by atoms with Crippen LogP contribution in [0.3, 0.4) is 0 Å². The summed E-state index contributed by atoms with van der Waals surface area (Å²) < 4.78 is 4.92. The molecule has 0 aliphatic carbocycles. The molecule has 1 amide bonds. The number of carboxylic acids is 1. The van der Waals surface area contributed by atoms with Gasteiger partial charge in [-0.1, -0.05) is 11.6 Å². The molecule has 0 fully saturated rings. The summed E-state index contributed by atoms with van der Waals surface area (Å²) in [4.78, 5) is 22.3. The maximum Gasteiger partial charge on any atom is 0.306 e. The zero-order valence-corrected chi connectivity index (χ0v) is 11.0. The molecule has 104 valence electrons. The number of methoxy groups -OCH3 is 1. The zero-order chi connectivity index (χ0) is 14.4. The lowest BCUT2D eigenvalue weighted by atomic mass is 10.2.